The van der Waals surface area contributed by atoms with Crippen molar-refractivity contribution in [3.8, 4) is 0 Å². The second kappa shape index (κ2) is 7.97. The summed E-state index contributed by atoms with van der Waals surface area (Å²) in [4.78, 5) is 0. The second-order valence-corrected chi connectivity index (χ2v) is 6.62. The van der Waals surface area contributed by atoms with Crippen molar-refractivity contribution in [1.29, 1.82) is 0 Å². The summed E-state index contributed by atoms with van der Waals surface area (Å²) in [6.45, 7) is 4.44. The topological polar surface area (TPSA) is 0 Å². The molecule has 0 unspecified atom stereocenters. The van der Waals surface area contributed by atoms with Gasteiger partial charge in [-0.25, -0.2) is 0 Å². The van der Waals surface area contributed by atoms with Gasteiger partial charge in [-0.3, -0.25) is 0 Å². The molecule has 122 valence electrons. The summed E-state index contributed by atoms with van der Waals surface area (Å²) in [6.07, 6.45) is 4.41. The Balaban J connectivity index is 1.72. The molecule has 0 N–H and O–H groups in total. The zero-order chi connectivity index (χ0) is 16.8. The summed E-state index contributed by atoms with van der Waals surface area (Å²) in [5.41, 5.74) is 8.52. The van der Waals surface area contributed by atoms with Crippen LogP contribution in [0.1, 0.15) is 46.7 Å². The maximum Gasteiger partial charge on any atom is -0.00230 e. The third-order valence-corrected chi connectivity index (χ3v) is 4.71. The monoisotopic (exact) mass is 314 g/mol. The molecule has 0 aliphatic carbocycles. The van der Waals surface area contributed by atoms with Crippen molar-refractivity contribution < 1.29 is 0 Å². The van der Waals surface area contributed by atoms with Crippen LogP contribution in [0.2, 0.25) is 0 Å². The first kappa shape index (κ1) is 16.5. The van der Waals surface area contributed by atoms with Gasteiger partial charge in [0, 0.05) is 0 Å². The molecule has 0 aliphatic rings. The Morgan fingerprint density at radius 1 is 0.583 bits per heavy atom. The minimum Gasteiger partial charge on any atom is -0.0651 e. The quantitative estimate of drug-likeness (QED) is 0.513. The highest BCUT2D eigenvalue weighted by atomic mass is 14.1. The molecule has 3 aromatic carbocycles. The molecule has 0 radical (unpaired) electrons. The molecule has 0 amide bonds. The van der Waals surface area contributed by atoms with Crippen LogP contribution in [0.4, 0.5) is 0 Å². The maximum absolute atomic E-state index is 2.29. The van der Waals surface area contributed by atoms with Gasteiger partial charge in [0.2, 0.25) is 0 Å². The lowest BCUT2D eigenvalue weighted by Gasteiger charge is -2.10. The minimum absolute atomic E-state index is 1.01. The van der Waals surface area contributed by atoms with E-state index in [1.165, 1.54) is 46.2 Å². The predicted molar refractivity (Wildman–Crippen MR) is 104 cm³/mol. The highest BCUT2D eigenvalue weighted by Gasteiger charge is 2.04. The number of aryl methyl sites for hydroxylation is 2. The molecule has 0 fully saturated rings. The Hall–Kier alpha value is -2.34. The molecule has 24 heavy (non-hydrogen) atoms. The third-order valence-electron chi connectivity index (χ3n) is 4.71. The van der Waals surface area contributed by atoms with Crippen LogP contribution in [-0.4, -0.2) is 0 Å². The molecule has 3 aromatic rings. The highest BCUT2D eigenvalue weighted by Crippen LogP contribution is 2.18. The van der Waals surface area contributed by atoms with Crippen LogP contribution in [0.15, 0.2) is 72.8 Å². The van der Waals surface area contributed by atoms with E-state index in [1.807, 2.05) is 0 Å². The smallest absolute Gasteiger partial charge is 0.00230 e. The molecule has 0 aromatic heterocycles. The molecule has 3 rings (SSSR count). The summed E-state index contributed by atoms with van der Waals surface area (Å²) in [7, 11) is 0. The SMILES string of the molecule is CCCc1ccccc1Cc1ccc(Cc2ccccc2C)cc1. The molecule has 0 heteroatoms. The zero-order valence-electron chi connectivity index (χ0n) is 14.8. The Morgan fingerprint density at radius 2 is 1.08 bits per heavy atom. The fourth-order valence-corrected chi connectivity index (χ4v) is 3.27. The normalized spacial score (nSPS) is 10.8. The van der Waals surface area contributed by atoms with E-state index in [4.69, 9.17) is 0 Å². The van der Waals surface area contributed by atoms with Gasteiger partial charge in [-0.1, -0.05) is 86.1 Å². The average molecular weight is 314 g/mol. The molecule has 0 aliphatic heterocycles. The molecule has 0 saturated heterocycles. The largest absolute Gasteiger partial charge is 0.0651 e. The van der Waals surface area contributed by atoms with Gasteiger partial charge < -0.3 is 0 Å². The van der Waals surface area contributed by atoms with Crippen molar-refractivity contribution in [2.75, 3.05) is 0 Å². The van der Waals surface area contributed by atoms with Gasteiger partial charge in [-0.05, 0) is 59.6 Å². The van der Waals surface area contributed by atoms with E-state index in [-0.39, 0.29) is 0 Å². The Bertz CT molecular complexity index is 781. The van der Waals surface area contributed by atoms with E-state index in [9.17, 15) is 0 Å². The van der Waals surface area contributed by atoms with E-state index in [2.05, 4.69) is 86.6 Å². The zero-order valence-corrected chi connectivity index (χ0v) is 14.8. The Labute approximate surface area is 146 Å². The molecule has 0 spiro atoms. The first-order chi connectivity index (χ1) is 11.8. The fraction of sp³-hybridized carbons (Fsp3) is 0.250. The van der Waals surface area contributed by atoms with Crippen molar-refractivity contribution in [3.05, 3.63) is 106 Å². The van der Waals surface area contributed by atoms with Gasteiger partial charge in [0.15, 0.2) is 0 Å². The first-order valence-corrected chi connectivity index (χ1v) is 8.95. The van der Waals surface area contributed by atoms with Crippen LogP contribution in [0, 0.1) is 6.92 Å². The van der Waals surface area contributed by atoms with Gasteiger partial charge >= 0.3 is 0 Å². The average Bonchev–Trinajstić information content (AvgIpc) is 2.61. The summed E-state index contributed by atoms with van der Waals surface area (Å²) in [5, 5.41) is 0. The van der Waals surface area contributed by atoms with Crippen molar-refractivity contribution in [1.82, 2.24) is 0 Å². The molecule has 0 atom stereocenters. The standard InChI is InChI=1S/C24H26/c1-3-8-22-10-6-7-12-24(22)18-21-15-13-20(14-16-21)17-23-11-5-4-9-19(23)2/h4-7,9-16H,3,8,17-18H2,1-2H3. The van der Waals surface area contributed by atoms with Gasteiger partial charge in [0.25, 0.3) is 0 Å². The Kier molecular flexibility index (Phi) is 5.48. The van der Waals surface area contributed by atoms with Crippen molar-refractivity contribution in [3.63, 3.8) is 0 Å². The van der Waals surface area contributed by atoms with E-state index in [1.54, 1.807) is 0 Å². The number of hydrogen-bond donors (Lipinski definition) is 0. The summed E-state index contributed by atoms with van der Waals surface area (Å²) >= 11 is 0. The first-order valence-electron chi connectivity index (χ1n) is 8.95. The molecule has 0 heterocycles. The van der Waals surface area contributed by atoms with Crippen LogP contribution < -0.4 is 0 Å². The van der Waals surface area contributed by atoms with E-state index >= 15 is 0 Å². The van der Waals surface area contributed by atoms with E-state index < -0.39 is 0 Å². The fourth-order valence-electron chi connectivity index (χ4n) is 3.27. The van der Waals surface area contributed by atoms with Crippen LogP contribution in [0.5, 0.6) is 0 Å². The molecule has 0 saturated carbocycles. The van der Waals surface area contributed by atoms with E-state index in [0.717, 1.165) is 12.8 Å². The number of rotatable bonds is 6. The van der Waals surface area contributed by atoms with Crippen LogP contribution >= 0.6 is 0 Å². The van der Waals surface area contributed by atoms with Crippen LogP contribution in [0.25, 0.3) is 0 Å². The molecule has 0 nitrogen and oxygen atoms in total. The van der Waals surface area contributed by atoms with Gasteiger partial charge in [0.1, 0.15) is 0 Å². The van der Waals surface area contributed by atoms with E-state index in [0.29, 0.717) is 0 Å². The lowest BCUT2D eigenvalue weighted by molar-refractivity contribution is 0.904. The summed E-state index contributed by atoms with van der Waals surface area (Å²) in [5.74, 6) is 0. The molecule has 0 bridgehead atoms. The number of hydrogen-bond acceptors (Lipinski definition) is 0. The minimum atomic E-state index is 1.01. The summed E-state index contributed by atoms with van der Waals surface area (Å²) in [6, 6.07) is 26.6. The van der Waals surface area contributed by atoms with Gasteiger partial charge in [-0.15, -0.1) is 0 Å². The number of benzene rings is 3. The second-order valence-electron chi connectivity index (χ2n) is 6.62. The van der Waals surface area contributed by atoms with Crippen molar-refractivity contribution >= 4 is 0 Å². The summed E-state index contributed by atoms with van der Waals surface area (Å²) < 4.78 is 0. The molecular formula is C24H26. The van der Waals surface area contributed by atoms with Gasteiger partial charge in [-0.2, -0.15) is 0 Å². The highest BCUT2D eigenvalue weighted by molar-refractivity contribution is 5.36. The van der Waals surface area contributed by atoms with Crippen LogP contribution in [-0.2, 0) is 19.3 Å². The third kappa shape index (κ3) is 4.14. The maximum atomic E-state index is 2.29. The lowest BCUT2D eigenvalue weighted by atomic mass is 9.95. The Morgan fingerprint density at radius 3 is 1.67 bits per heavy atom. The van der Waals surface area contributed by atoms with Gasteiger partial charge in [0.05, 0.1) is 0 Å². The van der Waals surface area contributed by atoms with Crippen molar-refractivity contribution in [2.24, 2.45) is 0 Å². The van der Waals surface area contributed by atoms with Crippen LogP contribution in [0.3, 0.4) is 0 Å². The predicted octanol–water partition coefficient (Wildman–Crippen LogP) is 6.13. The lowest BCUT2D eigenvalue weighted by Crippen LogP contribution is -1.96. The molecular weight excluding hydrogens is 288 g/mol. The van der Waals surface area contributed by atoms with Crippen molar-refractivity contribution in [2.45, 2.75) is 39.5 Å².